The van der Waals surface area contributed by atoms with Crippen LogP contribution >= 0.6 is 0 Å². The molecule has 112 valence electrons. The quantitative estimate of drug-likeness (QED) is 0.751. The number of urea groups is 1. The lowest BCUT2D eigenvalue weighted by atomic mass is 9.98. The number of hydrogen-bond acceptors (Lipinski definition) is 4. The van der Waals surface area contributed by atoms with E-state index in [1.165, 1.54) is 7.05 Å². The first kappa shape index (κ1) is 14.8. The third kappa shape index (κ3) is 3.50. The largest absolute Gasteiger partial charge is 0.481 e. The van der Waals surface area contributed by atoms with E-state index in [9.17, 15) is 14.4 Å². The first-order valence-electron chi connectivity index (χ1n) is 6.58. The van der Waals surface area contributed by atoms with Crippen LogP contribution < -0.4 is 15.5 Å². The van der Waals surface area contributed by atoms with Crippen molar-refractivity contribution in [3.8, 4) is 0 Å². The molecule has 3 amide bonds. The SMILES string of the molecule is CNC(=O)NC(=O)CN1CC(CC(=O)O)c2ccccc21. The molecule has 1 aliphatic rings. The molecule has 0 aliphatic carbocycles. The molecule has 0 saturated carbocycles. The number of nitrogens with zero attached hydrogens (tertiary/aromatic N) is 1. The fourth-order valence-corrected chi connectivity index (χ4v) is 2.52. The van der Waals surface area contributed by atoms with E-state index in [1.54, 1.807) is 4.90 Å². The number of carbonyl (C=O) groups is 3. The molecule has 21 heavy (non-hydrogen) atoms. The van der Waals surface area contributed by atoms with Crippen LogP contribution in [0.2, 0.25) is 0 Å². The van der Waals surface area contributed by atoms with E-state index in [4.69, 9.17) is 5.11 Å². The van der Waals surface area contributed by atoms with Crippen LogP contribution in [-0.2, 0) is 9.59 Å². The van der Waals surface area contributed by atoms with Crippen molar-refractivity contribution in [3.05, 3.63) is 29.8 Å². The first-order valence-corrected chi connectivity index (χ1v) is 6.58. The number of para-hydroxylation sites is 1. The van der Waals surface area contributed by atoms with Gasteiger partial charge in [0.1, 0.15) is 0 Å². The van der Waals surface area contributed by atoms with Gasteiger partial charge in [-0.05, 0) is 11.6 Å². The zero-order valence-corrected chi connectivity index (χ0v) is 11.6. The third-order valence-electron chi connectivity index (χ3n) is 3.39. The summed E-state index contributed by atoms with van der Waals surface area (Å²) in [7, 11) is 1.43. The van der Waals surface area contributed by atoms with Gasteiger partial charge in [0, 0.05) is 25.2 Å². The Morgan fingerprint density at radius 2 is 2.05 bits per heavy atom. The van der Waals surface area contributed by atoms with E-state index < -0.39 is 17.9 Å². The average molecular weight is 291 g/mol. The van der Waals surface area contributed by atoms with E-state index in [0.29, 0.717) is 6.54 Å². The zero-order chi connectivity index (χ0) is 15.4. The Morgan fingerprint density at radius 1 is 1.33 bits per heavy atom. The molecule has 0 aromatic heterocycles. The minimum atomic E-state index is -0.869. The number of carbonyl (C=O) groups excluding carboxylic acids is 2. The lowest BCUT2D eigenvalue weighted by Crippen LogP contribution is -2.43. The number of imide groups is 1. The number of anilines is 1. The van der Waals surface area contributed by atoms with Crippen LogP contribution in [0.25, 0.3) is 0 Å². The van der Waals surface area contributed by atoms with Crippen molar-refractivity contribution in [1.29, 1.82) is 0 Å². The van der Waals surface area contributed by atoms with Gasteiger partial charge in [0.25, 0.3) is 0 Å². The highest BCUT2D eigenvalue weighted by molar-refractivity contribution is 5.96. The second kappa shape index (κ2) is 6.25. The molecule has 1 unspecified atom stereocenters. The van der Waals surface area contributed by atoms with Gasteiger partial charge in [0.05, 0.1) is 13.0 Å². The number of benzene rings is 1. The van der Waals surface area contributed by atoms with E-state index in [1.807, 2.05) is 24.3 Å². The molecule has 1 atom stereocenters. The highest BCUT2D eigenvalue weighted by atomic mass is 16.4. The molecule has 7 heteroatoms. The van der Waals surface area contributed by atoms with Crippen LogP contribution in [0.15, 0.2) is 24.3 Å². The summed E-state index contributed by atoms with van der Waals surface area (Å²) in [6, 6.07) is 6.85. The van der Waals surface area contributed by atoms with Crippen molar-refractivity contribution < 1.29 is 19.5 Å². The first-order chi connectivity index (χ1) is 10.0. The fraction of sp³-hybridized carbons (Fsp3) is 0.357. The van der Waals surface area contributed by atoms with Crippen LogP contribution in [0.5, 0.6) is 0 Å². The van der Waals surface area contributed by atoms with Crippen LogP contribution in [0.3, 0.4) is 0 Å². The molecule has 0 fully saturated rings. The highest BCUT2D eigenvalue weighted by Crippen LogP contribution is 2.37. The number of hydrogen-bond donors (Lipinski definition) is 3. The van der Waals surface area contributed by atoms with Gasteiger partial charge in [-0.15, -0.1) is 0 Å². The number of fused-ring (bicyclic) bond motifs is 1. The lowest BCUT2D eigenvalue weighted by Gasteiger charge is -2.18. The highest BCUT2D eigenvalue weighted by Gasteiger charge is 2.30. The summed E-state index contributed by atoms with van der Waals surface area (Å²) in [6.45, 7) is 0.466. The Balaban J connectivity index is 2.10. The molecule has 3 N–H and O–H groups in total. The smallest absolute Gasteiger partial charge is 0.321 e. The molecule has 0 saturated heterocycles. The number of nitrogens with one attached hydrogen (secondary N) is 2. The molecule has 1 aromatic rings. The fourth-order valence-electron chi connectivity index (χ4n) is 2.52. The summed E-state index contributed by atoms with van der Waals surface area (Å²) < 4.78 is 0. The Bertz CT molecular complexity index is 573. The van der Waals surface area contributed by atoms with E-state index >= 15 is 0 Å². The molecular formula is C14H17N3O4. The summed E-state index contributed by atoms with van der Waals surface area (Å²) in [5, 5.41) is 13.5. The topological polar surface area (TPSA) is 98.7 Å². The average Bonchev–Trinajstić information content (AvgIpc) is 2.76. The molecule has 1 aromatic carbocycles. The maximum atomic E-state index is 11.8. The maximum Gasteiger partial charge on any atom is 0.321 e. The molecule has 1 heterocycles. The summed E-state index contributed by atoms with van der Waals surface area (Å²) in [4.78, 5) is 35.6. The minimum absolute atomic E-state index is 0.0144. The second-order valence-corrected chi connectivity index (χ2v) is 4.86. The predicted molar refractivity (Wildman–Crippen MR) is 76.2 cm³/mol. The van der Waals surface area contributed by atoms with Gasteiger partial charge in [-0.2, -0.15) is 0 Å². The lowest BCUT2D eigenvalue weighted by molar-refractivity contribution is -0.137. The number of carboxylic acids is 1. The van der Waals surface area contributed by atoms with Crippen molar-refractivity contribution >= 4 is 23.6 Å². The maximum absolute atomic E-state index is 11.8. The van der Waals surface area contributed by atoms with Crippen molar-refractivity contribution in [2.75, 3.05) is 25.0 Å². The molecule has 0 bridgehead atoms. The Labute approximate surface area is 121 Å². The van der Waals surface area contributed by atoms with Gasteiger partial charge in [0.2, 0.25) is 5.91 Å². The van der Waals surface area contributed by atoms with E-state index in [2.05, 4.69) is 10.6 Å². The van der Waals surface area contributed by atoms with E-state index in [0.717, 1.165) is 11.3 Å². The van der Waals surface area contributed by atoms with Crippen LogP contribution in [0.1, 0.15) is 17.9 Å². The third-order valence-corrected chi connectivity index (χ3v) is 3.39. The predicted octanol–water partition coefficient (Wildman–Crippen LogP) is 0.521. The van der Waals surface area contributed by atoms with Gasteiger partial charge in [0.15, 0.2) is 0 Å². The van der Waals surface area contributed by atoms with Crippen LogP contribution in [-0.4, -0.2) is 43.2 Å². The summed E-state index contributed by atoms with van der Waals surface area (Å²) in [5.41, 5.74) is 1.77. The zero-order valence-electron chi connectivity index (χ0n) is 11.6. The number of rotatable bonds is 4. The van der Waals surface area contributed by atoms with Gasteiger partial charge in [-0.1, -0.05) is 18.2 Å². The monoisotopic (exact) mass is 291 g/mol. The number of aliphatic carboxylic acids is 1. The van der Waals surface area contributed by atoms with Gasteiger partial charge in [-0.25, -0.2) is 4.79 Å². The summed E-state index contributed by atoms with van der Waals surface area (Å²) >= 11 is 0. The molecule has 1 aliphatic heterocycles. The molecule has 7 nitrogen and oxygen atoms in total. The van der Waals surface area contributed by atoms with Gasteiger partial charge < -0.3 is 15.3 Å². The molecule has 0 spiro atoms. The minimum Gasteiger partial charge on any atom is -0.481 e. The van der Waals surface area contributed by atoms with Crippen molar-refractivity contribution in [1.82, 2.24) is 10.6 Å². The Hall–Kier alpha value is -2.57. The van der Waals surface area contributed by atoms with Crippen molar-refractivity contribution in [2.24, 2.45) is 0 Å². The van der Waals surface area contributed by atoms with Crippen molar-refractivity contribution in [3.63, 3.8) is 0 Å². The van der Waals surface area contributed by atoms with Crippen molar-refractivity contribution in [2.45, 2.75) is 12.3 Å². The molecular weight excluding hydrogens is 274 g/mol. The second-order valence-electron chi connectivity index (χ2n) is 4.86. The summed E-state index contributed by atoms with van der Waals surface area (Å²) in [5.74, 6) is -1.45. The summed E-state index contributed by atoms with van der Waals surface area (Å²) in [6.07, 6.45) is 0.0184. The Kier molecular flexibility index (Phi) is 4.42. The normalized spacial score (nSPS) is 16.2. The van der Waals surface area contributed by atoms with Crippen LogP contribution in [0, 0.1) is 0 Å². The number of amides is 3. The van der Waals surface area contributed by atoms with Crippen LogP contribution in [0.4, 0.5) is 10.5 Å². The molecule has 0 radical (unpaired) electrons. The standard InChI is InChI=1S/C14H17N3O4/c1-15-14(21)16-12(18)8-17-7-9(6-13(19)20)10-4-2-3-5-11(10)17/h2-5,9H,6-8H2,1H3,(H,19,20)(H2,15,16,18,21). The van der Waals surface area contributed by atoms with Gasteiger partial charge in [-0.3, -0.25) is 14.9 Å². The van der Waals surface area contributed by atoms with E-state index in [-0.39, 0.29) is 18.9 Å². The molecule has 2 rings (SSSR count). The number of carboxylic acid groups (broad SMARTS) is 1. The van der Waals surface area contributed by atoms with Gasteiger partial charge >= 0.3 is 12.0 Å². The Morgan fingerprint density at radius 3 is 2.71 bits per heavy atom.